The summed E-state index contributed by atoms with van der Waals surface area (Å²) >= 11 is 5.26. The van der Waals surface area contributed by atoms with E-state index in [1.165, 1.54) is 6.92 Å². The number of hydrogen-bond donors (Lipinski definition) is 1. The van der Waals surface area contributed by atoms with Crippen LogP contribution in [0.25, 0.3) is 0 Å². The van der Waals surface area contributed by atoms with Gasteiger partial charge in [-0.15, -0.1) is 11.6 Å². The number of aliphatic hydroxyl groups is 1. The summed E-state index contributed by atoms with van der Waals surface area (Å²) in [5, 5.41) is 8.96. The van der Waals surface area contributed by atoms with Crippen LogP contribution in [-0.2, 0) is 4.79 Å². The normalized spacial score (nSPS) is 17.4. The van der Waals surface area contributed by atoms with Crippen LogP contribution in [0.2, 0.25) is 0 Å². The van der Waals surface area contributed by atoms with Crippen molar-refractivity contribution in [1.29, 1.82) is 0 Å². The molecule has 0 fully saturated rings. The SMILES string of the molecule is CC(O)(CCl)CC=O. The van der Waals surface area contributed by atoms with Crippen LogP contribution >= 0.6 is 11.6 Å². The molecule has 1 unspecified atom stereocenters. The quantitative estimate of drug-likeness (QED) is 0.455. The maximum atomic E-state index is 9.76. The number of rotatable bonds is 3. The Morgan fingerprint density at radius 3 is 2.50 bits per heavy atom. The van der Waals surface area contributed by atoms with E-state index in [2.05, 4.69) is 0 Å². The van der Waals surface area contributed by atoms with Gasteiger partial charge in [-0.05, 0) is 6.92 Å². The fraction of sp³-hybridized carbons (Fsp3) is 0.800. The van der Waals surface area contributed by atoms with Gasteiger partial charge in [-0.2, -0.15) is 0 Å². The van der Waals surface area contributed by atoms with Gasteiger partial charge in [0.1, 0.15) is 6.29 Å². The third-order valence-electron chi connectivity index (χ3n) is 0.811. The lowest BCUT2D eigenvalue weighted by molar-refractivity contribution is -0.111. The molecule has 0 aromatic carbocycles. The molecule has 0 aromatic rings. The van der Waals surface area contributed by atoms with Gasteiger partial charge in [-0.1, -0.05) is 0 Å². The van der Waals surface area contributed by atoms with Crippen molar-refractivity contribution in [2.45, 2.75) is 18.9 Å². The van der Waals surface area contributed by atoms with Crippen molar-refractivity contribution in [1.82, 2.24) is 0 Å². The molecule has 1 N–H and O–H groups in total. The van der Waals surface area contributed by atoms with Crippen LogP contribution < -0.4 is 0 Å². The zero-order chi connectivity index (χ0) is 6.62. The lowest BCUT2D eigenvalue weighted by Gasteiger charge is -2.14. The Labute approximate surface area is 53.5 Å². The number of carbonyl (C=O) groups excluding carboxylic acids is 1. The molecule has 0 aliphatic rings. The highest BCUT2D eigenvalue weighted by atomic mass is 35.5. The van der Waals surface area contributed by atoms with E-state index in [1.54, 1.807) is 0 Å². The highest BCUT2D eigenvalue weighted by Gasteiger charge is 2.16. The molecule has 2 nitrogen and oxygen atoms in total. The van der Waals surface area contributed by atoms with Crippen molar-refractivity contribution in [3.8, 4) is 0 Å². The van der Waals surface area contributed by atoms with Crippen molar-refractivity contribution in [3.05, 3.63) is 0 Å². The second-order valence-electron chi connectivity index (χ2n) is 2.00. The summed E-state index contributed by atoms with van der Waals surface area (Å²) in [5.41, 5.74) is -1.01. The Balaban J connectivity index is 3.53. The first-order valence-electron chi connectivity index (χ1n) is 2.34. The molecule has 8 heavy (non-hydrogen) atoms. The first-order chi connectivity index (χ1) is 3.62. The molecule has 0 aliphatic heterocycles. The number of aldehydes is 1. The summed E-state index contributed by atoms with van der Waals surface area (Å²) in [6.45, 7) is 1.52. The molecule has 48 valence electrons. The van der Waals surface area contributed by atoms with Gasteiger partial charge in [-0.3, -0.25) is 0 Å². The van der Waals surface area contributed by atoms with Crippen LogP contribution in [0.1, 0.15) is 13.3 Å². The molecule has 3 heteroatoms. The molecule has 0 rings (SSSR count). The topological polar surface area (TPSA) is 37.3 Å². The molecule has 0 saturated carbocycles. The molecule has 0 radical (unpaired) electrons. The average molecular weight is 137 g/mol. The molecule has 0 heterocycles. The van der Waals surface area contributed by atoms with Crippen LogP contribution in [0.15, 0.2) is 0 Å². The minimum atomic E-state index is -1.01. The number of hydrogen-bond acceptors (Lipinski definition) is 2. The molecule has 0 saturated heterocycles. The van der Waals surface area contributed by atoms with Crippen molar-refractivity contribution < 1.29 is 9.90 Å². The first-order valence-corrected chi connectivity index (χ1v) is 2.88. The van der Waals surface area contributed by atoms with E-state index in [4.69, 9.17) is 16.7 Å². The Bertz CT molecular complexity index is 80.5. The third kappa shape index (κ3) is 2.99. The van der Waals surface area contributed by atoms with Gasteiger partial charge in [0.25, 0.3) is 0 Å². The Kier molecular flexibility index (Phi) is 3.02. The Morgan fingerprint density at radius 2 is 2.38 bits per heavy atom. The van der Waals surface area contributed by atoms with Crippen LogP contribution in [0.4, 0.5) is 0 Å². The number of carbonyl (C=O) groups is 1. The number of alkyl halides is 1. The average Bonchev–Trinajstić information content (AvgIpc) is 1.67. The Morgan fingerprint density at radius 1 is 1.88 bits per heavy atom. The number of halogens is 1. The molecule has 0 bridgehead atoms. The van der Waals surface area contributed by atoms with Crippen LogP contribution in [0.3, 0.4) is 0 Å². The van der Waals surface area contributed by atoms with Crippen LogP contribution in [-0.4, -0.2) is 22.9 Å². The van der Waals surface area contributed by atoms with Gasteiger partial charge in [0.15, 0.2) is 0 Å². The van der Waals surface area contributed by atoms with Gasteiger partial charge in [0, 0.05) is 6.42 Å². The maximum absolute atomic E-state index is 9.76. The van der Waals surface area contributed by atoms with Gasteiger partial charge in [0.2, 0.25) is 0 Å². The third-order valence-corrected chi connectivity index (χ3v) is 1.39. The summed E-state index contributed by atoms with van der Waals surface area (Å²) in [6, 6.07) is 0. The molecular weight excluding hydrogens is 128 g/mol. The largest absolute Gasteiger partial charge is 0.388 e. The van der Waals surface area contributed by atoms with Gasteiger partial charge >= 0.3 is 0 Å². The fourth-order valence-electron chi connectivity index (χ4n) is 0.234. The van der Waals surface area contributed by atoms with Gasteiger partial charge in [-0.25, -0.2) is 0 Å². The van der Waals surface area contributed by atoms with Gasteiger partial charge in [0.05, 0.1) is 11.5 Å². The predicted molar refractivity (Wildman–Crippen MR) is 32.0 cm³/mol. The first kappa shape index (κ1) is 7.92. The minimum absolute atomic E-state index is 0.103. The summed E-state index contributed by atoms with van der Waals surface area (Å²) in [4.78, 5) is 9.76. The predicted octanol–water partition coefficient (Wildman–Crippen LogP) is 0.565. The molecule has 1 atom stereocenters. The van der Waals surface area contributed by atoms with E-state index in [1.807, 2.05) is 0 Å². The maximum Gasteiger partial charge on any atom is 0.122 e. The monoisotopic (exact) mass is 136 g/mol. The van der Waals surface area contributed by atoms with Crippen molar-refractivity contribution in [3.63, 3.8) is 0 Å². The van der Waals surface area contributed by atoms with E-state index >= 15 is 0 Å². The van der Waals surface area contributed by atoms with Crippen molar-refractivity contribution in [2.24, 2.45) is 0 Å². The lowest BCUT2D eigenvalue weighted by atomic mass is 10.1. The highest BCUT2D eigenvalue weighted by molar-refractivity contribution is 6.18. The lowest BCUT2D eigenvalue weighted by Crippen LogP contribution is -2.26. The Hall–Kier alpha value is -0.0800. The summed E-state index contributed by atoms with van der Waals surface area (Å²) in [6.07, 6.45) is 0.763. The smallest absolute Gasteiger partial charge is 0.122 e. The van der Waals surface area contributed by atoms with Crippen LogP contribution in [0, 0.1) is 0 Å². The molecule has 0 aliphatic carbocycles. The summed E-state index contributed by atoms with van der Waals surface area (Å²) in [7, 11) is 0. The molecule has 0 aromatic heterocycles. The van der Waals surface area contributed by atoms with Crippen LogP contribution in [0.5, 0.6) is 0 Å². The van der Waals surface area contributed by atoms with Gasteiger partial charge < -0.3 is 9.90 Å². The second-order valence-corrected chi connectivity index (χ2v) is 2.27. The van der Waals surface area contributed by atoms with Crippen molar-refractivity contribution in [2.75, 3.05) is 5.88 Å². The van der Waals surface area contributed by atoms with Crippen molar-refractivity contribution >= 4 is 17.9 Å². The highest BCUT2D eigenvalue weighted by Crippen LogP contribution is 2.07. The zero-order valence-corrected chi connectivity index (χ0v) is 5.48. The second kappa shape index (κ2) is 3.05. The van der Waals surface area contributed by atoms with E-state index in [0.717, 1.165) is 0 Å². The van der Waals surface area contributed by atoms with E-state index in [9.17, 15) is 4.79 Å². The van der Waals surface area contributed by atoms with E-state index in [0.29, 0.717) is 6.29 Å². The standard InChI is InChI=1S/C5H9ClO2/c1-5(8,4-6)2-3-7/h3,8H,2,4H2,1H3. The minimum Gasteiger partial charge on any atom is -0.388 e. The molecule has 0 amide bonds. The van der Waals surface area contributed by atoms with E-state index in [-0.39, 0.29) is 12.3 Å². The zero-order valence-electron chi connectivity index (χ0n) is 4.72. The van der Waals surface area contributed by atoms with E-state index < -0.39 is 5.60 Å². The molecule has 0 spiro atoms. The molecular formula is C5H9ClO2. The summed E-state index contributed by atoms with van der Waals surface area (Å²) < 4.78 is 0. The summed E-state index contributed by atoms with van der Waals surface area (Å²) in [5.74, 6) is 0.103. The fourth-order valence-corrected chi connectivity index (χ4v) is 0.343.